The normalized spacial score (nSPS) is 17.8. The molecule has 0 unspecified atom stereocenters. The number of nitrogens with zero attached hydrogens (tertiary/aromatic N) is 2. The lowest BCUT2D eigenvalue weighted by Crippen LogP contribution is -2.08. The van der Waals surface area contributed by atoms with Crippen LogP contribution in [0.1, 0.15) is 31.2 Å². The number of aromatic nitrogens is 2. The van der Waals surface area contributed by atoms with E-state index in [1.807, 2.05) is 0 Å². The molecular weight excluding hydrogens is 180 g/mol. The minimum Gasteiger partial charge on any atom is -0.481 e. The van der Waals surface area contributed by atoms with Crippen molar-refractivity contribution in [3.8, 4) is 0 Å². The number of carboxylic acid groups (broad SMARTS) is 1. The molecule has 1 aromatic rings. The van der Waals surface area contributed by atoms with Gasteiger partial charge in [-0.2, -0.15) is 0 Å². The van der Waals surface area contributed by atoms with Crippen LogP contribution < -0.4 is 0 Å². The van der Waals surface area contributed by atoms with Gasteiger partial charge < -0.3 is 5.11 Å². The maximum atomic E-state index is 10.4. The lowest BCUT2D eigenvalue weighted by Gasteiger charge is -2.05. The molecule has 1 aliphatic carbocycles. The summed E-state index contributed by atoms with van der Waals surface area (Å²) in [6, 6.07) is 0. The van der Waals surface area contributed by atoms with Crippen molar-refractivity contribution in [1.29, 1.82) is 0 Å². The van der Waals surface area contributed by atoms with Gasteiger partial charge in [0.1, 0.15) is 5.82 Å². The zero-order valence-electron chi connectivity index (χ0n) is 8.03. The van der Waals surface area contributed by atoms with Crippen LogP contribution in [0.5, 0.6) is 0 Å². The molecule has 0 radical (unpaired) electrons. The molecule has 0 spiro atoms. The maximum absolute atomic E-state index is 10.4. The average Bonchev–Trinajstić information content (AvgIpc) is 2.85. The smallest absolute Gasteiger partial charge is 0.307 e. The molecule has 14 heavy (non-hydrogen) atoms. The van der Waals surface area contributed by atoms with Crippen molar-refractivity contribution in [1.82, 2.24) is 9.97 Å². The van der Waals surface area contributed by atoms with Crippen molar-refractivity contribution < 1.29 is 9.90 Å². The lowest BCUT2D eigenvalue weighted by atomic mass is 10.1. The van der Waals surface area contributed by atoms with Crippen LogP contribution in [0.25, 0.3) is 0 Å². The molecule has 0 aromatic carbocycles. The molecule has 0 atom stereocenters. The molecule has 4 nitrogen and oxygen atoms in total. The molecule has 2 rings (SSSR count). The van der Waals surface area contributed by atoms with Crippen molar-refractivity contribution in [2.45, 2.75) is 31.6 Å². The molecule has 74 valence electrons. The summed E-state index contributed by atoms with van der Waals surface area (Å²) >= 11 is 0. The molecule has 1 N–H and O–H groups in total. The molecule has 0 aliphatic heterocycles. The van der Waals surface area contributed by atoms with Crippen LogP contribution in [-0.2, 0) is 16.6 Å². The Morgan fingerprint density at radius 1 is 1.50 bits per heavy atom. The molecule has 1 aromatic heterocycles. The largest absolute Gasteiger partial charge is 0.481 e. The molecule has 0 saturated heterocycles. The summed E-state index contributed by atoms with van der Waals surface area (Å²) in [5.74, 6) is -0.00868. The van der Waals surface area contributed by atoms with Crippen LogP contribution in [0.2, 0.25) is 0 Å². The molecule has 0 bridgehead atoms. The van der Waals surface area contributed by atoms with Crippen molar-refractivity contribution in [3.05, 3.63) is 23.8 Å². The zero-order chi connectivity index (χ0) is 10.2. The van der Waals surface area contributed by atoms with E-state index >= 15 is 0 Å². The number of hydrogen-bond acceptors (Lipinski definition) is 3. The topological polar surface area (TPSA) is 63.1 Å². The highest BCUT2D eigenvalue weighted by Gasteiger charge is 2.41. The van der Waals surface area contributed by atoms with E-state index in [1.54, 1.807) is 12.4 Å². The second-order valence-electron chi connectivity index (χ2n) is 4.05. The fraction of sp³-hybridized carbons (Fsp3) is 0.500. The summed E-state index contributed by atoms with van der Waals surface area (Å²) in [5.41, 5.74) is 0.812. The fourth-order valence-electron chi connectivity index (χ4n) is 1.34. The van der Waals surface area contributed by atoms with E-state index < -0.39 is 5.97 Å². The first-order chi connectivity index (χ1) is 6.60. The standard InChI is InChI=1S/C10H12N2O2/c1-10(2-3-10)9-11-5-7(6-12-9)4-8(13)14/h5-6H,2-4H2,1H3,(H,13,14). The third-order valence-electron chi connectivity index (χ3n) is 2.60. The van der Waals surface area contributed by atoms with E-state index in [-0.39, 0.29) is 11.8 Å². The highest BCUT2D eigenvalue weighted by atomic mass is 16.4. The monoisotopic (exact) mass is 192 g/mol. The van der Waals surface area contributed by atoms with Crippen molar-refractivity contribution in [2.24, 2.45) is 0 Å². The van der Waals surface area contributed by atoms with Gasteiger partial charge in [-0.1, -0.05) is 6.92 Å². The van der Waals surface area contributed by atoms with E-state index in [2.05, 4.69) is 16.9 Å². The summed E-state index contributed by atoms with van der Waals surface area (Å²) in [7, 11) is 0. The van der Waals surface area contributed by atoms with Crippen LogP contribution in [0, 0.1) is 0 Å². The third-order valence-corrected chi connectivity index (χ3v) is 2.60. The highest BCUT2D eigenvalue weighted by molar-refractivity contribution is 5.69. The van der Waals surface area contributed by atoms with Crippen LogP contribution in [0.15, 0.2) is 12.4 Å². The lowest BCUT2D eigenvalue weighted by molar-refractivity contribution is -0.136. The Morgan fingerprint density at radius 2 is 2.07 bits per heavy atom. The van der Waals surface area contributed by atoms with Gasteiger partial charge in [-0.15, -0.1) is 0 Å². The Kier molecular flexibility index (Phi) is 1.98. The van der Waals surface area contributed by atoms with Crippen LogP contribution in [0.3, 0.4) is 0 Å². The fourth-order valence-corrected chi connectivity index (χ4v) is 1.34. The zero-order valence-corrected chi connectivity index (χ0v) is 8.03. The van der Waals surface area contributed by atoms with Crippen LogP contribution >= 0.6 is 0 Å². The molecule has 1 fully saturated rings. The number of rotatable bonds is 3. The highest BCUT2D eigenvalue weighted by Crippen LogP contribution is 2.45. The minimum atomic E-state index is -0.848. The van der Waals surface area contributed by atoms with Crippen LogP contribution in [-0.4, -0.2) is 21.0 Å². The van der Waals surface area contributed by atoms with Gasteiger partial charge in [-0.3, -0.25) is 4.79 Å². The van der Waals surface area contributed by atoms with Gasteiger partial charge in [0, 0.05) is 17.8 Å². The Labute approximate surface area is 82.0 Å². The predicted molar refractivity (Wildman–Crippen MR) is 50.0 cm³/mol. The maximum Gasteiger partial charge on any atom is 0.307 e. The number of carboxylic acids is 1. The molecule has 1 heterocycles. The van der Waals surface area contributed by atoms with E-state index in [0.717, 1.165) is 18.7 Å². The predicted octanol–water partition coefficient (Wildman–Crippen LogP) is 1.16. The van der Waals surface area contributed by atoms with Gasteiger partial charge in [0.25, 0.3) is 0 Å². The van der Waals surface area contributed by atoms with E-state index in [4.69, 9.17) is 5.11 Å². The Hall–Kier alpha value is -1.45. The first-order valence-electron chi connectivity index (χ1n) is 4.63. The van der Waals surface area contributed by atoms with Crippen molar-refractivity contribution in [3.63, 3.8) is 0 Å². The number of aliphatic carboxylic acids is 1. The summed E-state index contributed by atoms with van der Waals surface area (Å²) < 4.78 is 0. The molecule has 1 saturated carbocycles. The Morgan fingerprint density at radius 3 is 2.50 bits per heavy atom. The third kappa shape index (κ3) is 1.73. The van der Waals surface area contributed by atoms with Gasteiger partial charge in [-0.05, 0) is 18.4 Å². The molecule has 1 aliphatic rings. The van der Waals surface area contributed by atoms with Gasteiger partial charge in [0.2, 0.25) is 0 Å². The van der Waals surface area contributed by atoms with Gasteiger partial charge in [0.15, 0.2) is 0 Å². The Bertz CT molecular complexity index is 355. The Balaban J connectivity index is 2.14. The number of carbonyl (C=O) groups is 1. The van der Waals surface area contributed by atoms with E-state index in [1.165, 1.54) is 0 Å². The molecule has 0 amide bonds. The molecular formula is C10H12N2O2. The van der Waals surface area contributed by atoms with Gasteiger partial charge >= 0.3 is 5.97 Å². The minimum absolute atomic E-state index is 0.00298. The summed E-state index contributed by atoms with van der Waals surface area (Å²) in [6.07, 6.45) is 5.48. The first kappa shape index (κ1) is 9.12. The second kappa shape index (κ2) is 3.04. The van der Waals surface area contributed by atoms with E-state index in [9.17, 15) is 4.79 Å². The number of hydrogen-bond donors (Lipinski definition) is 1. The SMILES string of the molecule is CC1(c2ncc(CC(=O)O)cn2)CC1. The second-order valence-corrected chi connectivity index (χ2v) is 4.05. The van der Waals surface area contributed by atoms with Crippen LogP contribution in [0.4, 0.5) is 0 Å². The van der Waals surface area contributed by atoms with Crippen molar-refractivity contribution in [2.75, 3.05) is 0 Å². The summed E-state index contributed by atoms with van der Waals surface area (Å²) in [6.45, 7) is 2.12. The average molecular weight is 192 g/mol. The van der Waals surface area contributed by atoms with Crippen molar-refractivity contribution >= 4 is 5.97 Å². The van der Waals surface area contributed by atoms with Gasteiger partial charge in [-0.25, -0.2) is 9.97 Å². The van der Waals surface area contributed by atoms with E-state index in [0.29, 0.717) is 5.56 Å². The molecule has 4 heteroatoms. The summed E-state index contributed by atoms with van der Waals surface area (Å²) in [4.78, 5) is 18.8. The quantitative estimate of drug-likeness (QED) is 0.780. The first-order valence-corrected chi connectivity index (χ1v) is 4.63. The summed E-state index contributed by atoms with van der Waals surface area (Å²) in [5, 5.41) is 8.55. The van der Waals surface area contributed by atoms with Gasteiger partial charge in [0.05, 0.1) is 6.42 Å².